The van der Waals surface area contributed by atoms with Crippen molar-refractivity contribution in [3.8, 4) is 5.75 Å². The second kappa shape index (κ2) is 5.44. The van der Waals surface area contributed by atoms with Crippen molar-refractivity contribution in [1.29, 1.82) is 0 Å². The molecule has 0 saturated carbocycles. The van der Waals surface area contributed by atoms with E-state index in [0.29, 0.717) is 19.0 Å². The summed E-state index contributed by atoms with van der Waals surface area (Å²) in [5.74, 6) is 0.0436. The Balaban J connectivity index is 2.39. The minimum absolute atomic E-state index is 0.134. The van der Waals surface area contributed by atoms with E-state index in [2.05, 4.69) is 0 Å². The summed E-state index contributed by atoms with van der Waals surface area (Å²) < 4.78 is 23.0. The van der Waals surface area contributed by atoms with Gasteiger partial charge >= 0.3 is 0 Å². The summed E-state index contributed by atoms with van der Waals surface area (Å²) >= 11 is 0. The fourth-order valence-corrected chi connectivity index (χ4v) is 0.991. The highest BCUT2D eigenvalue weighted by Gasteiger charge is 2.00. The largest absolute Gasteiger partial charge is 0.493 e. The molecule has 0 bridgehead atoms. The Bertz CT molecular complexity index is 291. The zero-order valence-electron chi connectivity index (χ0n) is 8.13. The highest BCUT2D eigenvalue weighted by molar-refractivity contribution is 5.43. The normalized spacial score (nSPS) is 10.1. The number of methoxy groups -OCH3 is 1. The van der Waals surface area contributed by atoms with Gasteiger partial charge in [0, 0.05) is 26.2 Å². The molecule has 0 amide bonds. The summed E-state index contributed by atoms with van der Waals surface area (Å²) in [6, 6.07) is 4.41. The van der Waals surface area contributed by atoms with Crippen LogP contribution >= 0.6 is 0 Å². The van der Waals surface area contributed by atoms with E-state index in [1.807, 2.05) is 0 Å². The average molecular weight is 199 g/mol. The maximum atomic E-state index is 12.9. The number of nitrogen functional groups attached to an aromatic ring is 1. The van der Waals surface area contributed by atoms with Gasteiger partial charge < -0.3 is 15.2 Å². The van der Waals surface area contributed by atoms with Gasteiger partial charge in [-0.2, -0.15) is 0 Å². The molecule has 0 saturated heterocycles. The van der Waals surface area contributed by atoms with Crippen molar-refractivity contribution in [2.75, 3.05) is 26.1 Å². The van der Waals surface area contributed by atoms with Crippen LogP contribution in [0.3, 0.4) is 0 Å². The molecule has 0 aromatic heterocycles. The topological polar surface area (TPSA) is 44.5 Å². The molecule has 0 atom stereocenters. The van der Waals surface area contributed by atoms with Gasteiger partial charge in [0.05, 0.1) is 12.3 Å². The molecule has 1 aromatic rings. The van der Waals surface area contributed by atoms with Gasteiger partial charge in [-0.15, -0.1) is 0 Å². The number of ether oxygens (including phenoxy) is 2. The van der Waals surface area contributed by atoms with Gasteiger partial charge in [-0.3, -0.25) is 0 Å². The van der Waals surface area contributed by atoms with Gasteiger partial charge in [0.15, 0.2) is 0 Å². The predicted molar refractivity (Wildman–Crippen MR) is 52.8 cm³/mol. The monoisotopic (exact) mass is 199 g/mol. The number of hydrogen-bond acceptors (Lipinski definition) is 3. The highest BCUT2D eigenvalue weighted by atomic mass is 19.1. The summed E-state index contributed by atoms with van der Waals surface area (Å²) in [6.45, 7) is 1.15. The number of halogens is 1. The summed E-state index contributed by atoms with van der Waals surface area (Å²) in [5, 5.41) is 0. The van der Waals surface area contributed by atoms with Crippen molar-refractivity contribution in [1.82, 2.24) is 0 Å². The Kier molecular flexibility index (Phi) is 4.19. The molecule has 3 nitrogen and oxygen atoms in total. The van der Waals surface area contributed by atoms with Crippen molar-refractivity contribution in [2.45, 2.75) is 6.42 Å². The zero-order chi connectivity index (χ0) is 10.4. The third-order valence-corrected chi connectivity index (χ3v) is 1.73. The lowest BCUT2D eigenvalue weighted by Gasteiger charge is -2.06. The van der Waals surface area contributed by atoms with Gasteiger partial charge in [0.1, 0.15) is 11.6 Å². The number of anilines is 1. The standard InChI is InChI=1S/C10H14FNO2/c1-13-5-2-6-14-8-3-4-10(12)9(11)7-8/h3-4,7H,2,5-6,12H2,1H3. The van der Waals surface area contributed by atoms with E-state index in [0.717, 1.165) is 6.42 Å². The number of benzene rings is 1. The average Bonchev–Trinajstić information content (AvgIpc) is 2.18. The first-order chi connectivity index (χ1) is 6.74. The molecule has 0 spiro atoms. The second-order valence-corrected chi connectivity index (χ2v) is 2.88. The van der Waals surface area contributed by atoms with Crippen molar-refractivity contribution < 1.29 is 13.9 Å². The molecule has 0 radical (unpaired) electrons. The molecule has 4 heteroatoms. The molecule has 0 aliphatic carbocycles. The van der Waals surface area contributed by atoms with E-state index < -0.39 is 5.82 Å². The summed E-state index contributed by atoms with van der Waals surface area (Å²) in [6.07, 6.45) is 0.780. The van der Waals surface area contributed by atoms with Gasteiger partial charge in [0.25, 0.3) is 0 Å². The lowest BCUT2D eigenvalue weighted by atomic mass is 10.3. The number of nitrogens with two attached hydrogens (primary N) is 1. The van der Waals surface area contributed by atoms with E-state index in [4.69, 9.17) is 15.2 Å². The highest BCUT2D eigenvalue weighted by Crippen LogP contribution is 2.17. The lowest BCUT2D eigenvalue weighted by molar-refractivity contribution is 0.172. The molecule has 2 N–H and O–H groups in total. The smallest absolute Gasteiger partial charge is 0.149 e. The second-order valence-electron chi connectivity index (χ2n) is 2.88. The van der Waals surface area contributed by atoms with Crippen LogP contribution in [0.25, 0.3) is 0 Å². The summed E-state index contributed by atoms with van der Waals surface area (Å²) in [4.78, 5) is 0. The molecule has 1 aromatic carbocycles. The molecular formula is C10H14FNO2. The van der Waals surface area contributed by atoms with Crippen LogP contribution < -0.4 is 10.5 Å². The molecule has 0 unspecified atom stereocenters. The molecule has 78 valence electrons. The van der Waals surface area contributed by atoms with E-state index in [9.17, 15) is 4.39 Å². The SMILES string of the molecule is COCCCOc1ccc(N)c(F)c1. The first kappa shape index (κ1) is 10.8. The van der Waals surface area contributed by atoms with Crippen molar-refractivity contribution in [2.24, 2.45) is 0 Å². The van der Waals surface area contributed by atoms with E-state index >= 15 is 0 Å². The van der Waals surface area contributed by atoms with Crippen LogP contribution in [-0.4, -0.2) is 20.3 Å². The third kappa shape index (κ3) is 3.22. The molecule has 0 heterocycles. The van der Waals surface area contributed by atoms with E-state index in [1.54, 1.807) is 13.2 Å². The molecule has 0 aliphatic heterocycles. The fourth-order valence-electron chi connectivity index (χ4n) is 0.991. The summed E-state index contributed by atoms with van der Waals surface area (Å²) in [5.41, 5.74) is 5.45. The van der Waals surface area contributed by atoms with Gasteiger partial charge in [-0.25, -0.2) is 4.39 Å². The van der Waals surface area contributed by atoms with Crippen LogP contribution in [0, 0.1) is 5.82 Å². The maximum Gasteiger partial charge on any atom is 0.149 e. The van der Waals surface area contributed by atoms with Crippen LogP contribution in [-0.2, 0) is 4.74 Å². The van der Waals surface area contributed by atoms with Crippen LogP contribution in [0.1, 0.15) is 6.42 Å². The van der Waals surface area contributed by atoms with Crippen LogP contribution in [0.15, 0.2) is 18.2 Å². The van der Waals surface area contributed by atoms with Crippen molar-refractivity contribution in [3.05, 3.63) is 24.0 Å². The van der Waals surface area contributed by atoms with Crippen LogP contribution in [0.2, 0.25) is 0 Å². The Morgan fingerprint density at radius 3 is 2.79 bits per heavy atom. The van der Waals surface area contributed by atoms with Crippen molar-refractivity contribution >= 4 is 5.69 Å². The quantitative estimate of drug-likeness (QED) is 0.581. The Morgan fingerprint density at radius 2 is 2.14 bits per heavy atom. The lowest BCUT2D eigenvalue weighted by Crippen LogP contribution is -2.02. The van der Waals surface area contributed by atoms with E-state index in [-0.39, 0.29) is 5.69 Å². The number of hydrogen-bond donors (Lipinski definition) is 1. The van der Waals surface area contributed by atoms with Gasteiger partial charge in [0.2, 0.25) is 0 Å². The molecular weight excluding hydrogens is 185 g/mol. The van der Waals surface area contributed by atoms with Crippen LogP contribution in [0.4, 0.5) is 10.1 Å². The fraction of sp³-hybridized carbons (Fsp3) is 0.400. The maximum absolute atomic E-state index is 12.9. The molecule has 0 aliphatic rings. The minimum Gasteiger partial charge on any atom is -0.493 e. The molecule has 14 heavy (non-hydrogen) atoms. The first-order valence-electron chi connectivity index (χ1n) is 4.41. The van der Waals surface area contributed by atoms with E-state index in [1.165, 1.54) is 12.1 Å². The molecule has 0 fully saturated rings. The Labute approximate surface area is 82.6 Å². The van der Waals surface area contributed by atoms with Gasteiger partial charge in [-0.05, 0) is 12.1 Å². The Morgan fingerprint density at radius 1 is 1.36 bits per heavy atom. The predicted octanol–water partition coefficient (Wildman–Crippen LogP) is 1.82. The zero-order valence-corrected chi connectivity index (χ0v) is 8.13. The van der Waals surface area contributed by atoms with Crippen LogP contribution in [0.5, 0.6) is 5.75 Å². The summed E-state index contributed by atoms with van der Waals surface area (Å²) in [7, 11) is 1.63. The number of rotatable bonds is 5. The first-order valence-corrected chi connectivity index (χ1v) is 4.41. The molecule has 1 rings (SSSR count). The Hall–Kier alpha value is -1.29. The van der Waals surface area contributed by atoms with Crippen molar-refractivity contribution in [3.63, 3.8) is 0 Å². The minimum atomic E-state index is -0.450. The third-order valence-electron chi connectivity index (χ3n) is 1.73. The van der Waals surface area contributed by atoms with Gasteiger partial charge in [-0.1, -0.05) is 0 Å².